The predicted octanol–water partition coefficient (Wildman–Crippen LogP) is 5.25. The third-order valence-electron chi connectivity index (χ3n) is 7.20. The summed E-state index contributed by atoms with van der Waals surface area (Å²) in [5.74, 6) is 1.70. The number of pyridine rings is 1. The number of aromatic nitrogens is 7. The van der Waals surface area contributed by atoms with E-state index in [0.29, 0.717) is 5.82 Å². The molecular weight excluding hydrogens is 446 g/mol. The quantitative estimate of drug-likeness (QED) is 0.384. The molecule has 0 aliphatic heterocycles. The first kappa shape index (κ1) is 22.3. The summed E-state index contributed by atoms with van der Waals surface area (Å²) in [6, 6.07) is 17.6. The molecule has 36 heavy (non-hydrogen) atoms. The molecule has 180 valence electrons. The Hall–Kier alpha value is -4.13. The molecule has 0 bridgehead atoms. The molecule has 1 aliphatic carbocycles. The molecule has 0 radical (unpaired) electrons. The van der Waals surface area contributed by atoms with E-state index in [1.807, 2.05) is 0 Å². The Kier molecular flexibility index (Phi) is 5.48. The van der Waals surface area contributed by atoms with Crippen molar-refractivity contribution in [2.75, 3.05) is 0 Å². The Morgan fingerprint density at radius 1 is 0.972 bits per heavy atom. The van der Waals surface area contributed by atoms with Gasteiger partial charge in [-0.3, -0.25) is 0 Å². The van der Waals surface area contributed by atoms with Crippen molar-refractivity contribution in [1.82, 2.24) is 35.2 Å². The Labute approximate surface area is 210 Å². The van der Waals surface area contributed by atoms with Crippen LogP contribution in [-0.4, -0.2) is 35.2 Å². The van der Waals surface area contributed by atoms with Crippen molar-refractivity contribution in [3.63, 3.8) is 0 Å². The Morgan fingerprint density at radius 3 is 2.58 bits per heavy atom. The number of benzene rings is 2. The van der Waals surface area contributed by atoms with Crippen LogP contribution in [0.2, 0.25) is 0 Å². The summed E-state index contributed by atoms with van der Waals surface area (Å²) < 4.78 is 2.28. The van der Waals surface area contributed by atoms with Gasteiger partial charge in [-0.1, -0.05) is 49.4 Å². The van der Waals surface area contributed by atoms with E-state index in [-0.39, 0.29) is 0 Å². The maximum atomic E-state index is 4.93. The van der Waals surface area contributed by atoms with Crippen LogP contribution in [0.5, 0.6) is 0 Å². The molecule has 0 atom stereocenters. The fraction of sp³-hybridized carbons (Fsp3) is 0.276. The molecule has 0 fully saturated rings. The van der Waals surface area contributed by atoms with Crippen LogP contribution in [-0.2, 0) is 25.8 Å². The topological polar surface area (TPSA) is 85.2 Å². The summed E-state index contributed by atoms with van der Waals surface area (Å²) in [5.41, 5.74) is 12.8. The molecular formula is C29H29N7. The number of H-pyrrole nitrogens is 1. The lowest BCUT2D eigenvalue weighted by molar-refractivity contribution is 0.744. The summed E-state index contributed by atoms with van der Waals surface area (Å²) in [6.07, 6.45) is 2.83. The maximum absolute atomic E-state index is 4.93. The molecule has 2 aromatic carbocycles. The van der Waals surface area contributed by atoms with Crippen LogP contribution < -0.4 is 0 Å². The minimum absolute atomic E-state index is 0.631. The molecule has 0 saturated heterocycles. The van der Waals surface area contributed by atoms with Crippen LogP contribution in [0.15, 0.2) is 48.5 Å². The van der Waals surface area contributed by atoms with Gasteiger partial charge in [0.1, 0.15) is 11.3 Å². The minimum atomic E-state index is 0.631. The summed E-state index contributed by atoms with van der Waals surface area (Å²) in [4.78, 5) is 9.80. The van der Waals surface area contributed by atoms with E-state index in [1.54, 1.807) is 0 Å². The normalized spacial score (nSPS) is 14.4. The van der Waals surface area contributed by atoms with Crippen molar-refractivity contribution < 1.29 is 0 Å². The minimum Gasteiger partial charge on any atom is -0.308 e. The Balaban J connectivity index is 1.48. The predicted molar refractivity (Wildman–Crippen MR) is 142 cm³/mol. The van der Waals surface area contributed by atoms with E-state index >= 15 is 0 Å². The summed E-state index contributed by atoms with van der Waals surface area (Å²) in [5, 5.41) is 14.9. The van der Waals surface area contributed by atoms with Gasteiger partial charge in [0.05, 0.1) is 6.54 Å². The third kappa shape index (κ3) is 3.71. The lowest BCUT2D eigenvalue weighted by Gasteiger charge is -2.16. The molecule has 0 saturated carbocycles. The third-order valence-corrected chi connectivity index (χ3v) is 7.20. The molecule has 7 heteroatoms. The molecule has 0 unspecified atom stereocenters. The first-order valence-electron chi connectivity index (χ1n) is 12.5. The second kappa shape index (κ2) is 8.82. The summed E-state index contributed by atoms with van der Waals surface area (Å²) in [7, 11) is 0. The van der Waals surface area contributed by atoms with Gasteiger partial charge in [-0.05, 0) is 83.8 Å². The SMILES string of the molecule is CCc1nc2c(C)cc(C)nc2n1Cc1ccc2c(c1)CCc1ccccc1C2=C(C)c1nn[nH]n1. The van der Waals surface area contributed by atoms with Crippen molar-refractivity contribution >= 4 is 22.3 Å². The maximum Gasteiger partial charge on any atom is 0.201 e. The largest absolute Gasteiger partial charge is 0.308 e. The second-order valence-corrected chi connectivity index (χ2v) is 9.60. The number of nitrogens with one attached hydrogen (secondary N) is 1. The fourth-order valence-corrected chi connectivity index (χ4v) is 5.50. The van der Waals surface area contributed by atoms with Gasteiger partial charge in [0, 0.05) is 17.7 Å². The average molecular weight is 476 g/mol. The zero-order valence-corrected chi connectivity index (χ0v) is 21.1. The molecule has 0 amide bonds. The van der Waals surface area contributed by atoms with Crippen LogP contribution >= 0.6 is 0 Å². The second-order valence-electron chi connectivity index (χ2n) is 9.60. The number of tetrazole rings is 1. The lowest BCUT2D eigenvalue weighted by Crippen LogP contribution is -2.07. The zero-order chi connectivity index (χ0) is 24.8. The van der Waals surface area contributed by atoms with Gasteiger partial charge in [0.15, 0.2) is 5.65 Å². The van der Waals surface area contributed by atoms with Gasteiger partial charge in [-0.25, -0.2) is 9.97 Å². The summed E-state index contributed by atoms with van der Waals surface area (Å²) in [6.45, 7) is 9.16. The van der Waals surface area contributed by atoms with Crippen molar-refractivity contribution in [1.29, 1.82) is 0 Å². The average Bonchev–Trinajstić information content (AvgIpc) is 3.50. The van der Waals surface area contributed by atoms with Gasteiger partial charge in [0.2, 0.25) is 5.82 Å². The monoisotopic (exact) mass is 475 g/mol. The number of fused-ring (bicyclic) bond motifs is 3. The molecule has 7 nitrogen and oxygen atoms in total. The number of imidazole rings is 1. The standard InChI is InChI=1S/C29H29N7/c1-5-25-31-27-17(2)14-18(3)30-29(27)36(25)16-20-10-13-24-22(15-20)12-11-21-8-6-7-9-23(21)26(24)19(4)28-32-34-35-33-28/h6-10,13-15H,5,11-12,16H2,1-4H3,(H,32,33,34,35). The van der Waals surface area contributed by atoms with E-state index in [4.69, 9.17) is 9.97 Å². The van der Waals surface area contributed by atoms with Gasteiger partial charge in [-0.15, -0.1) is 10.2 Å². The lowest BCUT2D eigenvalue weighted by atomic mass is 9.89. The number of hydrogen-bond acceptors (Lipinski definition) is 5. The molecule has 0 spiro atoms. The van der Waals surface area contributed by atoms with Crippen LogP contribution in [0, 0.1) is 13.8 Å². The highest BCUT2D eigenvalue weighted by Crippen LogP contribution is 2.38. The summed E-state index contributed by atoms with van der Waals surface area (Å²) >= 11 is 0. The molecule has 3 heterocycles. The fourth-order valence-electron chi connectivity index (χ4n) is 5.50. The highest BCUT2D eigenvalue weighted by molar-refractivity contribution is 5.98. The van der Waals surface area contributed by atoms with Gasteiger partial charge < -0.3 is 4.57 Å². The van der Waals surface area contributed by atoms with Crippen molar-refractivity contribution in [3.05, 3.63) is 99.3 Å². The number of hydrogen-bond donors (Lipinski definition) is 1. The Bertz CT molecular complexity index is 1620. The van der Waals surface area contributed by atoms with Crippen molar-refractivity contribution in [2.45, 2.75) is 53.5 Å². The number of aromatic amines is 1. The zero-order valence-electron chi connectivity index (χ0n) is 21.1. The number of aryl methyl sites for hydroxylation is 5. The van der Waals surface area contributed by atoms with Crippen LogP contribution in [0.4, 0.5) is 0 Å². The van der Waals surface area contributed by atoms with Crippen LogP contribution in [0.25, 0.3) is 22.3 Å². The number of rotatable bonds is 4. The number of nitrogens with zero attached hydrogens (tertiary/aromatic N) is 6. The van der Waals surface area contributed by atoms with Crippen LogP contribution in [0.3, 0.4) is 0 Å². The first-order chi connectivity index (χ1) is 17.5. The number of allylic oxidation sites excluding steroid dienone is 1. The Morgan fingerprint density at radius 2 is 1.78 bits per heavy atom. The van der Waals surface area contributed by atoms with E-state index in [0.717, 1.165) is 54.1 Å². The van der Waals surface area contributed by atoms with Gasteiger partial charge in [0.25, 0.3) is 0 Å². The van der Waals surface area contributed by atoms with E-state index in [9.17, 15) is 0 Å². The first-order valence-corrected chi connectivity index (χ1v) is 12.5. The van der Waals surface area contributed by atoms with Crippen molar-refractivity contribution in [2.24, 2.45) is 0 Å². The highest BCUT2D eigenvalue weighted by atomic mass is 15.5. The molecule has 1 N–H and O–H groups in total. The smallest absolute Gasteiger partial charge is 0.201 e. The molecule has 3 aromatic heterocycles. The highest BCUT2D eigenvalue weighted by Gasteiger charge is 2.22. The molecule has 1 aliphatic rings. The molecule has 6 rings (SSSR count). The van der Waals surface area contributed by atoms with E-state index in [1.165, 1.54) is 39.0 Å². The van der Waals surface area contributed by atoms with E-state index in [2.05, 4.69) is 101 Å². The molecule has 5 aromatic rings. The van der Waals surface area contributed by atoms with Gasteiger partial charge in [-0.2, -0.15) is 5.21 Å². The van der Waals surface area contributed by atoms with Crippen molar-refractivity contribution in [3.8, 4) is 0 Å². The van der Waals surface area contributed by atoms with Gasteiger partial charge >= 0.3 is 0 Å². The van der Waals surface area contributed by atoms with Crippen LogP contribution in [0.1, 0.15) is 64.6 Å². The van der Waals surface area contributed by atoms with E-state index < -0.39 is 0 Å².